The van der Waals surface area contributed by atoms with Crippen LogP contribution in [0.5, 0.6) is 5.75 Å². The average Bonchev–Trinajstić information content (AvgIpc) is 2.72. The second-order valence-corrected chi connectivity index (χ2v) is 8.69. The number of anilines is 2. The van der Waals surface area contributed by atoms with E-state index >= 15 is 0 Å². The average molecular weight is 426 g/mol. The van der Waals surface area contributed by atoms with Crippen LogP contribution in [0.25, 0.3) is 0 Å². The number of ether oxygens (including phenoxy) is 1. The van der Waals surface area contributed by atoms with Crippen molar-refractivity contribution in [3.63, 3.8) is 0 Å². The van der Waals surface area contributed by atoms with Crippen LogP contribution >= 0.6 is 0 Å². The highest BCUT2D eigenvalue weighted by molar-refractivity contribution is 7.92. The molecule has 0 spiro atoms. The molecule has 1 heterocycles. The molecule has 0 aliphatic carbocycles. The Balaban J connectivity index is 1.93. The lowest BCUT2D eigenvalue weighted by atomic mass is 10.1. The number of sulfonamides is 1. The molecule has 156 valence electrons. The third-order valence-corrected chi connectivity index (χ3v) is 6.13. The Labute approximate surface area is 176 Å². The zero-order valence-electron chi connectivity index (χ0n) is 17.0. The van der Waals surface area contributed by atoms with Gasteiger partial charge < -0.3 is 10.1 Å². The zero-order chi connectivity index (χ0) is 21.7. The van der Waals surface area contributed by atoms with Crippen LogP contribution in [0.4, 0.5) is 11.4 Å². The number of carbonyl (C=O) groups is 1. The Kier molecular flexibility index (Phi) is 6.37. The molecular weight excluding hydrogens is 402 g/mol. The fourth-order valence-corrected chi connectivity index (χ4v) is 4.45. The van der Waals surface area contributed by atoms with Crippen LogP contribution in [0.1, 0.15) is 11.1 Å². The summed E-state index contributed by atoms with van der Waals surface area (Å²) in [6, 6.07) is 15.1. The van der Waals surface area contributed by atoms with E-state index in [1.807, 2.05) is 32.0 Å². The molecule has 3 aromatic rings. The number of aromatic nitrogens is 1. The van der Waals surface area contributed by atoms with E-state index in [-0.39, 0.29) is 4.90 Å². The van der Waals surface area contributed by atoms with Crippen molar-refractivity contribution in [2.75, 3.05) is 23.3 Å². The number of aryl methyl sites for hydroxylation is 2. The first kappa shape index (κ1) is 21.3. The summed E-state index contributed by atoms with van der Waals surface area (Å²) in [4.78, 5) is 16.7. The van der Waals surface area contributed by atoms with Gasteiger partial charge in [-0.3, -0.25) is 14.1 Å². The SMILES string of the molecule is COc1ccc(N(CC(=O)Nc2cc(C)cc(C)c2)S(=O)(=O)c2cccnc2)cc1. The number of hydrogen-bond acceptors (Lipinski definition) is 5. The van der Waals surface area contributed by atoms with Crippen LogP contribution in [-0.2, 0) is 14.8 Å². The Morgan fingerprint density at radius 1 is 1.07 bits per heavy atom. The summed E-state index contributed by atoms with van der Waals surface area (Å²) in [5.41, 5.74) is 2.96. The van der Waals surface area contributed by atoms with Gasteiger partial charge in [0.1, 0.15) is 17.2 Å². The van der Waals surface area contributed by atoms with Gasteiger partial charge in [0.2, 0.25) is 5.91 Å². The lowest BCUT2D eigenvalue weighted by Gasteiger charge is -2.24. The van der Waals surface area contributed by atoms with E-state index in [4.69, 9.17) is 4.74 Å². The smallest absolute Gasteiger partial charge is 0.266 e. The summed E-state index contributed by atoms with van der Waals surface area (Å²) in [7, 11) is -2.48. The molecule has 1 N–H and O–H groups in total. The number of nitrogens with zero attached hydrogens (tertiary/aromatic N) is 2. The summed E-state index contributed by atoms with van der Waals surface area (Å²) in [5.74, 6) is 0.125. The van der Waals surface area contributed by atoms with Gasteiger partial charge in [0.25, 0.3) is 10.0 Å². The highest BCUT2D eigenvalue weighted by Gasteiger charge is 2.27. The number of methoxy groups -OCH3 is 1. The topological polar surface area (TPSA) is 88.6 Å². The normalized spacial score (nSPS) is 11.0. The van der Waals surface area contributed by atoms with E-state index in [0.717, 1.165) is 15.4 Å². The van der Waals surface area contributed by atoms with Gasteiger partial charge in [0.15, 0.2) is 0 Å². The summed E-state index contributed by atoms with van der Waals surface area (Å²) in [6.07, 6.45) is 2.75. The van der Waals surface area contributed by atoms with Gasteiger partial charge in [-0.1, -0.05) is 6.07 Å². The molecule has 0 saturated heterocycles. The highest BCUT2D eigenvalue weighted by Crippen LogP contribution is 2.25. The molecule has 3 rings (SSSR count). The second-order valence-electron chi connectivity index (χ2n) is 6.82. The van der Waals surface area contributed by atoms with Gasteiger partial charge in [0, 0.05) is 18.1 Å². The van der Waals surface area contributed by atoms with E-state index in [1.165, 1.54) is 31.6 Å². The van der Waals surface area contributed by atoms with Crippen LogP contribution in [0.3, 0.4) is 0 Å². The molecule has 2 aromatic carbocycles. The number of amides is 1. The van der Waals surface area contributed by atoms with Crippen LogP contribution < -0.4 is 14.4 Å². The standard InChI is InChI=1S/C22H23N3O4S/c1-16-11-17(2)13-18(12-16)24-22(26)15-25(19-6-8-20(29-3)9-7-19)30(27,28)21-5-4-10-23-14-21/h4-14H,15H2,1-3H3,(H,24,26). The first-order valence-corrected chi connectivity index (χ1v) is 10.7. The molecule has 0 fully saturated rings. The summed E-state index contributed by atoms with van der Waals surface area (Å²) in [6.45, 7) is 3.47. The van der Waals surface area contributed by atoms with Gasteiger partial charge in [-0.25, -0.2) is 8.42 Å². The molecule has 0 bridgehead atoms. The fraction of sp³-hybridized carbons (Fsp3) is 0.182. The van der Waals surface area contributed by atoms with Crippen molar-refractivity contribution in [2.24, 2.45) is 0 Å². The predicted octanol–water partition coefficient (Wildman–Crippen LogP) is 3.54. The quantitative estimate of drug-likeness (QED) is 0.625. The fourth-order valence-electron chi connectivity index (χ4n) is 3.07. The Bertz CT molecular complexity index is 1110. The minimum atomic E-state index is -4.01. The van der Waals surface area contributed by atoms with E-state index < -0.39 is 22.5 Å². The molecule has 0 saturated carbocycles. The number of hydrogen-bond donors (Lipinski definition) is 1. The first-order chi connectivity index (χ1) is 14.3. The van der Waals surface area contributed by atoms with Gasteiger partial charge in [-0.05, 0) is 73.5 Å². The minimum absolute atomic E-state index is 0.0000167. The monoisotopic (exact) mass is 425 g/mol. The molecular formula is C22H23N3O4S. The van der Waals surface area contributed by atoms with E-state index in [1.54, 1.807) is 24.3 Å². The Morgan fingerprint density at radius 3 is 2.30 bits per heavy atom. The molecule has 0 aliphatic rings. The first-order valence-electron chi connectivity index (χ1n) is 9.24. The van der Waals surface area contributed by atoms with Crippen molar-refractivity contribution in [3.05, 3.63) is 78.1 Å². The number of nitrogens with one attached hydrogen (secondary N) is 1. The van der Waals surface area contributed by atoms with Gasteiger partial charge in [0.05, 0.1) is 12.8 Å². The second kappa shape index (κ2) is 8.96. The van der Waals surface area contributed by atoms with Crippen molar-refractivity contribution in [2.45, 2.75) is 18.7 Å². The van der Waals surface area contributed by atoms with Gasteiger partial charge in [-0.2, -0.15) is 0 Å². The zero-order valence-corrected chi connectivity index (χ0v) is 17.8. The maximum Gasteiger partial charge on any atom is 0.266 e. The maximum atomic E-state index is 13.3. The number of benzene rings is 2. The molecule has 30 heavy (non-hydrogen) atoms. The molecule has 0 radical (unpaired) electrons. The Hall–Kier alpha value is -3.39. The minimum Gasteiger partial charge on any atom is -0.497 e. The number of rotatable bonds is 7. The maximum absolute atomic E-state index is 13.3. The molecule has 1 aromatic heterocycles. The van der Waals surface area contributed by atoms with Crippen molar-refractivity contribution < 1.29 is 17.9 Å². The van der Waals surface area contributed by atoms with Crippen molar-refractivity contribution in [1.29, 1.82) is 0 Å². The summed E-state index contributed by atoms with van der Waals surface area (Å²) in [5, 5.41) is 2.78. The molecule has 1 amide bonds. The largest absolute Gasteiger partial charge is 0.497 e. The third kappa shape index (κ3) is 4.96. The van der Waals surface area contributed by atoms with Crippen LogP contribution in [0.15, 0.2) is 71.9 Å². The van der Waals surface area contributed by atoms with E-state index in [9.17, 15) is 13.2 Å². The van der Waals surface area contributed by atoms with E-state index in [0.29, 0.717) is 17.1 Å². The van der Waals surface area contributed by atoms with Crippen LogP contribution in [0.2, 0.25) is 0 Å². The number of carbonyl (C=O) groups excluding carboxylic acids is 1. The van der Waals surface area contributed by atoms with Crippen LogP contribution in [-0.4, -0.2) is 33.0 Å². The lowest BCUT2D eigenvalue weighted by Crippen LogP contribution is -2.38. The molecule has 0 aliphatic heterocycles. The molecule has 0 atom stereocenters. The van der Waals surface area contributed by atoms with Crippen LogP contribution in [0, 0.1) is 13.8 Å². The number of pyridine rings is 1. The molecule has 7 nitrogen and oxygen atoms in total. The van der Waals surface area contributed by atoms with Crippen molar-refractivity contribution in [3.8, 4) is 5.75 Å². The summed E-state index contributed by atoms with van der Waals surface area (Å²) >= 11 is 0. The Morgan fingerprint density at radius 2 is 1.73 bits per heavy atom. The highest BCUT2D eigenvalue weighted by atomic mass is 32.2. The molecule has 0 unspecified atom stereocenters. The van der Waals surface area contributed by atoms with Gasteiger partial charge in [-0.15, -0.1) is 0 Å². The van der Waals surface area contributed by atoms with Gasteiger partial charge >= 0.3 is 0 Å². The van der Waals surface area contributed by atoms with Crippen molar-refractivity contribution in [1.82, 2.24) is 4.98 Å². The van der Waals surface area contributed by atoms with E-state index in [2.05, 4.69) is 10.3 Å². The molecule has 8 heteroatoms. The van der Waals surface area contributed by atoms with Crippen molar-refractivity contribution >= 4 is 27.3 Å². The third-order valence-electron chi connectivity index (χ3n) is 4.38. The lowest BCUT2D eigenvalue weighted by molar-refractivity contribution is -0.114. The summed E-state index contributed by atoms with van der Waals surface area (Å²) < 4.78 is 32.7. The predicted molar refractivity (Wildman–Crippen MR) is 116 cm³/mol.